The molecule has 1 aromatic rings. The van der Waals surface area contributed by atoms with Crippen LogP contribution in [0.25, 0.3) is 0 Å². The standard InChI is InChI=1S/C23H24N4O2/c1-4-14-5-7-16-17(9-14)21(18-10-15(28-2)6-8-20(18)29-3)23(12-25,13-26)22(27)19(16)11-24/h6-8,10,14,17,19,21,27H,4-5,9H2,1-3H3/t14-,17-,19?,21+/m1/s1. The van der Waals surface area contributed by atoms with Crippen LogP contribution in [0.4, 0.5) is 0 Å². The van der Waals surface area contributed by atoms with Gasteiger partial charge in [-0.25, -0.2) is 0 Å². The van der Waals surface area contributed by atoms with E-state index in [1.54, 1.807) is 32.4 Å². The van der Waals surface area contributed by atoms with Crippen molar-refractivity contribution in [1.29, 1.82) is 21.2 Å². The van der Waals surface area contributed by atoms with Gasteiger partial charge in [0.25, 0.3) is 0 Å². The Hall–Kier alpha value is -3.30. The quantitative estimate of drug-likeness (QED) is 0.770. The molecule has 0 aliphatic heterocycles. The van der Waals surface area contributed by atoms with E-state index < -0.39 is 17.3 Å². The van der Waals surface area contributed by atoms with E-state index in [2.05, 4.69) is 31.2 Å². The molecule has 1 fully saturated rings. The Bertz CT molecular complexity index is 962. The maximum absolute atomic E-state index is 10.1. The molecule has 0 radical (unpaired) electrons. The van der Waals surface area contributed by atoms with E-state index in [9.17, 15) is 15.8 Å². The normalized spacial score (nSPS) is 27.4. The second-order valence-electron chi connectivity index (χ2n) is 7.65. The third-order valence-electron chi connectivity index (χ3n) is 6.45. The first-order chi connectivity index (χ1) is 14.0. The summed E-state index contributed by atoms with van der Waals surface area (Å²) in [5.74, 6) is -0.0951. The van der Waals surface area contributed by atoms with Gasteiger partial charge in [-0.15, -0.1) is 0 Å². The monoisotopic (exact) mass is 388 g/mol. The second kappa shape index (κ2) is 7.98. The van der Waals surface area contributed by atoms with Gasteiger partial charge in [0.05, 0.1) is 38.1 Å². The number of methoxy groups -OCH3 is 2. The van der Waals surface area contributed by atoms with E-state index in [0.717, 1.165) is 24.8 Å². The zero-order chi connectivity index (χ0) is 21.2. The number of hydrogen-bond acceptors (Lipinski definition) is 6. The van der Waals surface area contributed by atoms with Crippen LogP contribution in [-0.4, -0.2) is 19.9 Å². The van der Waals surface area contributed by atoms with E-state index in [1.807, 2.05) is 0 Å². The van der Waals surface area contributed by atoms with Crippen LogP contribution in [0.3, 0.4) is 0 Å². The predicted octanol–water partition coefficient (Wildman–Crippen LogP) is 4.36. The van der Waals surface area contributed by atoms with E-state index in [0.29, 0.717) is 23.0 Å². The lowest BCUT2D eigenvalue weighted by molar-refractivity contribution is 0.264. The molecule has 6 heteroatoms. The van der Waals surface area contributed by atoms with Crippen LogP contribution in [-0.2, 0) is 0 Å². The highest BCUT2D eigenvalue weighted by atomic mass is 16.5. The molecule has 6 nitrogen and oxygen atoms in total. The second-order valence-corrected chi connectivity index (χ2v) is 7.65. The van der Waals surface area contributed by atoms with Crippen LogP contribution in [0.15, 0.2) is 29.8 Å². The van der Waals surface area contributed by atoms with Gasteiger partial charge in [-0.3, -0.25) is 0 Å². The molecule has 148 valence electrons. The molecule has 2 aliphatic carbocycles. The van der Waals surface area contributed by atoms with Crippen LogP contribution >= 0.6 is 0 Å². The first kappa shape index (κ1) is 20.4. The Balaban J connectivity index is 2.32. The van der Waals surface area contributed by atoms with Crippen molar-refractivity contribution < 1.29 is 9.47 Å². The van der Waals surface area contributed by atoms with Gasteiger partial charge >= 0.3 is 0 Å². The summed E-state index contributed by atoms with van der Waals surface area (Å²) < 4.78 is 11.0. The Kier molecular flexibility index (Phi) is 5.62. The van der Waals surface area contributed by atoms with Crippen molar-refractivity contribution in [1.82, 2.24) is 0 Å². The molecule has 2 aliphatic rings. The average molecular weight is 388 g/mol. The fraction of sp³-hybridized carbons (Fsp3) is 0.478. The van der Waals surface area contributed by atoms with Crippen LogP contribution < -0.4 is 9.47 Å². The number of hydrogen-bond donors (Lipinski definition) is 1. The molecule has 1 saturated carbocycles. The van der Waals surface area contributed by atoms with Gasteiger partial charge in [0, 0.05) is 11.5 Å². The number of benzene rings is 1. The highest BCUT2D eigenvalue weighted by Gasteiger charge is 2.58. The van der Waals surface area contributed by atoms with Crippen molar-refractivity contribution in [3.05, 3.63) is 35.4 Å². The SMILES string of the molecule is CC[C@@H]1CC=C2C(C#N)C(=N)C(C#N)(C#N)[C@H](c3cc(OC)ccc3OC)[C@@H]2C1. The van der Waals surface area contributed by atoms with Crippen molar-refractivity contribution in [2.24, 2.45) is 23.2 Å². The lowest BCUT2D eigenvalue weighted by Crippen LogP contribution is -2.49. The molecule has 1 unspecified atom stereocenters. The number of ether oxygens (including phenoxy) is 2. The van der Waals surface area contributed by atoms with Crippen molar-refractivity contribution in [2.45, 2.75) is 32.1 Å². The molecule has 1 N–H and O–H groups in total. The summed E-state index contributed by atoms with van der Waals surface area (Å²) in [6.45, 7) is 2.12. The van der Waals surface area contributed by atoms with E-state index in [4.69, 9.17) is 14.9 Å². The highest BCUT2D eigenvalue weighted by molar-refractivity contribution is 6.01. The number of allylic oxidation sites excluding steroid dienone is 2. The van der Waals surface area contributed by atoms with Crippen molar-refractivity contribution in [2.75, 3.05) is 14.2 Å². The smallest absolute Gasteiger partial charge is 0.189 e. The third kappa shape index (κ3) is 3.04. The predicted molar refractivity (Wildman–Crippen MR) is 107 cm³/mol. The topological polar surface area (TPSA) is 114 Å². The molecule has 4 atom stereocenters. The van der Waals surface area contributed by atoms with Gasteiger partial charge < -0.3 is 14.9 Å². The van der Waals surface area contributed by atoms with Gasteiger partial charge in [0.1, 0.15) is 17.4 Å². The lowest BCUT2D eigenvalue weighted by atomic mass is 9.52. The summed E-state index contributed by atoms with van der Waals surface area (Å²) in [5.41, 5.74) is -0.350. The fourth-order valence-corrected chi connectivity index (χ4v) is 4.86. The van der Waals surface area contributed by atoms with Gasteiger partial charge in [-0.1, -0.05) is 19.4 Å². The molecule has 0 saturated heterocycles. The Morgan fingerprint density at radius 3 is 2.45 bits per heavy atom. The summed E-state index contributed by atoms with van der Waals surface area (Å²) >= 11 is 0. The van der Waals surface area contributed by atoms with Crippen molar-refractivity contribution in [3.63, 3.8) is 0 Å². The Labute approximate surface area is 171 Å². The minimum Gasteiger partial charge on any atom is -0.497 e. The molecule has 29 heavy (non-hydrogen) atoms. The number of nitrogens with zero attached hydrogens (tertiary/aromatic N) is 3. The average Bonchev–Trinajstić information content (AvgIpc) is 2.77. The largest absolute Gasteiger partial charge is 0.497 e. The summed E-state index contributed by atoms with van der Waals surface area (Å²) in [6.07, 6.45) is 4.65. The molecule has 0 bridgehead atoms. The molecule has 3 rings (SSSR count). The maximum atomic E-state index is 10.1. The Morgan fingerprint density at radius 2 is 1.90 bits per heavy atom. The molecule has 0 aromatic heterocycles. The molecule has 0 spiro atoms. The van der Waals surface area contributed by atoms with E-state index in [-0.39, 0.29) is 11.6 Å². The zero-order valence-corrected chi connectivity index (χ0v) is 16.9. The maximum Gasteiger partial charge on any atom is 0.189 e. The summed E-state index contributed by atoms with van der Waals surface area (Å²) in [4.78, 5) is 0. The van der Waals surface area contributed by atoms with Crippen molar-refractivity contribution in [3.8, 4) is 29.7 Å². The minimum atomic E-state index is -1.74. The van der Waals surface area contributed by atoms with Gasteiger partial charge in [-0.2, -0.15) is 15.8 Å². The summed E-state index contributed by atoms with van der Waals surface area (Å²) in [7, 11) is 3.10. The van der Waals surface area contributed by atoms with Crippen LogP contribution in [0.2, 0.25) is 0 Å². The molecule has 0 heterocycles. The molecule has 0 amide bonds. The van der Waals surface area contributed by atoms with E-state index >= 15 is 0 Å². The van der Waals surface area contributed by atoms with Gasteiger partial charge in [0.2, 0.25) is 0 Å². The number of fused-ring (bicyclic) bond motifs is 1. The molecular formula is C23H24N4O2. The number of nitrogens with one attached hydrogen (secondary N) is 1. The number of rotatable bonds is 4. The summed E-state index contributed by atoms with van der Waals surface area (Å²) in [6, 6.07) is 11.7. The highest BCUT2D eigenvalue weighted by Crippen LogP contribution is 2.57. The van der Waals surface area contributed by atoms with Crippen molar-refractivity contribution >= 4 is 5.71 Å². The van der Waals surface area contributed by atoms with Gasteiger partial charge in [-0.05, 0) is 48.4 Å². The van der Waals surface area contributed by atoms with E-state index in [1.165, 1.54) is 0 Å². The number of nitriles is 3. The Morgan fingerprint density at radius 1 is 1.17 bits per heavy atom. The molecular weight excluding hydrogens is 364 g/mol. The summed E-state index contributed by atoms with van der Waals surface area (Å²) in [5, 5.41) is 38.8. The molecule has 1 aromatic carbocycles. The third-order valence-corrected chi connectivity index (χ3v) is 6.45. The van der Waals surface area contributed by atoms with Crippen LogP contribution in [0.5, 0.6) is 11.5 Å². The van der Waals surface area contributed by atoms with Crippen LogP contribution in [0.1, 0.15) is 37.7 Å². The zero-order valence-electron chi connectivity index (χ0n) is 16.9. The van der Waals surface area contributed by atoms with Crippen LogP contribution in [0, 0.1) is 62.6 Å². The first-order valence-electron chi connectivity index (χ1n) is 9.74. The fourth-order valence-electron chi connectivity index (χ4n) is 4.86. The lowest BCUT2D eigenvalue weighted by Gasteiger charge is -2.47. The first-order valence-corrected chi connectivity index (χ1v) is 9.74. The van der Waals surface area contributed by atoms with Gasteiger partial charge in [0.15, 0.2) is 5.41 Å². The minimum absolute atomic E-state index is 0.141.